The SMILES string of the molecule is COCCN1CCc2cc(C(=O)N(C)C)c(NCC3CC3)nc2CC1. The molecule has 138 valence electrons. The van der Waals surface area contributed by atoms with E-state index in [9.17, 15) is 4.79 Å². The van der Waals surface area contributed by atoms with Crippen molar-refractivity contribution in [2.24, 2.45) is 5.92 Å². The number of nitrogens with one attached hydrogen (secondary N) is 1. The van der Waals surface area contributed by atoms with Crippen LogP contribution in [0.15, 0.2) is 6.07 Å². The normalized spacial score (nSPS) is 17.7. The Morgan fingerprint density at radius 1 is 1.36 bits per heavy atom. The molecular weight excluding hydrogens is 316 g/mol. The quantitative estimate of drug-likeness (QED) is 0.814. The van der Waals surface area contributed by atoms with E-state index >= 15 is 0 Å². The zero-order valence-corrected chi connectivity index (χ0v) is 15.7. The first-order valence-electron chi connectivity index (χ1n) is 9.28. The maximum Gasteiger partial charge on any atom is 0.257 e. The highest BCUT2D eigenvalue weighted by Gasteiger charge is 2.24. The number of carbonyl (C=O) groups excluding carboxylic acids is 1. The van der Waals surface area contributed by atoms with Crippen LogP contribution in [0.1, 0.15) is 34.5 Å². The van der Waals surface area contributed by atoms with Crippen LogP contribution in [0.3, 0.4) is 0 Å². The standard InChI is InChI=1S/C19H30N4O2/c1-22(2)19(24)16-12-15-6-8-23(10-11-25-3)9-7-17(15)21-18(16)20-13-14-4-5-14/h12,14H,4-11,13H2,1-3H3,(H,20,21). The second kappa shape index (κ2) is 8.15. The minimum atomic E-state index is 0.0223. The molecule has 0 atom stereocenters. The third-order valence-corrected chi connectivity index (χ3v) is 5.06. The molecule has 2 aliphatic rings. The molecule has 1 fully saturated rings. The van der Waals surface area contributed by atoms with Gasteiger partial charge in [-0.05, 0) is 36.8 Å². The Kier molecular flexibility index (Phi) is 5.91. The molecule has 1 aliphatic heterocycles. The molecule has 0 radical (unpaired) electrons. The van der Waals surface area contributed by atoms with Gasteiger partial charge in [-0.3, -0.25) is 4.79 Å². The van der Waals surface area contributed by atoms with Gasteiger partial charge in [0, 0.05) is 59.5 Å². The highest BCUT2D eigenvalue weighted by molar-refractivity contribution is 5.98. The molecule has 0 saturated heterocycles. The molecule has 3 rings (SSSR count). The monoisotopic (exact) mass is 346 g/mol. The number of rotatable bonds is 7. The van der Waals surface area contributed by atoms with Crippen molar-refractivity contribution in [1.29, 1.82) is 0 Å². The fourth-order valence-electron chi connectivity index (χ4n) is 3.23. The fourth-order valence-corrected chi connectivity index (χ4v) is 3.23. The Balaban J connectivity index is 1.81. The molecule has 0 bridgehead atoms. The van der Waals surface area contributed by atoms with Crippen LogP contribution in [0.4, 0.5) is 5.82 Å². The molecule has 6 nitrogen and oxygen atoms in total. The first-order chi connectivity index (χ1) is 12.1. The molecule has 1 N–H and O–H groups in total. The van der Waals surface area contributed by atoms with Crippen LogP contribution >= 0.6 is 0 Å². The highest BCUT2D eigenvalue weighted by Crippen LogP contribution is 2.30. The van der Waals surface area contributed by atoms with Gasteiger partial charge >= 0.3 is 0 Å². The van der Waals surface area contributed by atoms with Crippen molar-refractivity contribution in [2.45, 2.75) is 25.7 Å². The van der Waals surface area contributed by atoms with Gasteiger partial charge in [0.15, 0.2) is 0 Å². The lowest BCUT2D eigenvalue weighted by Gasteiger charge is -2.18. The minimum absolute atomic E-state index is 0.0223. The molecule has 25 heavy (non-hydrogen) atoms. The first kappa shape index (κ1) is 18.1. The largest absolute Gasteiger partial charge is 0.383 e. The highest BCUT2D eigenvalue weighted by atomic mass is 16.5. The van der Waals surface area contributed by atoms with Gasteiger partial charge < -0.3 is 19.9 Å². The van der Waals surface area contributed by atoms with Crippen LogP contribution in [0.25, 0.3) is 0 Å². The van der Waals surface area contributed by atoms with E-state index in [4.69, 9.17) is 9.72 Å². The number of ether oxygens (including phenoxy) is 1. The molecule has 1 aromatic heterocycles. The van der Waals surface area contributed by atoms with Gasteiger partial charge in [-0.15, -0.1) is 0 Å². The van der Waals surface area contributed by atoms with Gasteiger partial charge in [-0.2, -0.15) is 0 Å². The Morgan fingerprint density at radius 3 is 2.80 bits per heavy atom. The number of aromatic nitrogens is 1. The van der Waals surface area contributed by atoms with Crippen LogP contribution in [-0.2, 0) is 17.6 Å². The van der Waals surface area contributed by atoms with Crippen LogP contribution in [-0.4, -0.2) is 74.7 Å². The molecule has 2 heterocycles. The molecule has 6 heteroatoms. The zero-order valence-electron chi connectivity index (χ0n) is 15.7. The average molecular weight is 346 g/mol. The smallest absolute Gasteiger partial charge is 0.257 e. The number of anilines is 1. The predicted octanol–water partition coefficient (Wildman–Crippen LogP) is 1.65. The third kappa shape index (κ3) is 4.70. The van der Waals surface area contributed by atoms with E-state index in [0.29, 0.717) is 5.56 Å². The Labute approximate surface area is 150 Å². The van der Waals surface area contributed by atoms with Crippen molar-refractivity contribution in [3.8, 4) is 0 Å². The summed E-state index contributed by atoms with van der Waals surface area (Å²) in [6.45, 7) is 4.59. The molecule has 1 saturated carbocycles. The number of fused-ring (bicyclic) bond motifs is 1. The van der Waals surface area contributed by atoms with Gasteiger partial charge in [0.1, 0.15) is 5.82 Å². The van der Waals surface area contributed by atoms with E-state index in [1.165, 1.54) is 18.4 Å². The summed E-state index contributed by atoms with van der Waals surface area (Å²) in [5.41, 5.74) is 3.05. The lowest BCUT2D eigenvalue weighted by atomic mass is 10.0. The molecule has 1 aliphatic carbocycles. The predicted molar refractivity (Wildman–Crippen MR) is 99.2 cm³/mol. The van der Waals surface area contributed by atoms with Crippen molar-refractivity contribution in [3.63, 3.8) is 0 Å². The lowest BCUT2D eigenvalue weighted by molar-refractivity contribution is 0.0828. The van der Waals surface area contributed by atoms with Crippen molar-refractivity contribution < 1.29 is 9.53 Å². The van der Waals surface area contributed by atoms with Crippen molar-refractivity contribution in [1.82, 2.24) is 14.8 Å². The zero-order chi connectivity index (χ0) is 17.8. The minimum Gasteiger partial charge on any atom is -0.383 e. The second-order valence-corrected chi connectivity index (χ2v) is 7.35. The number of carbonyl (C=O) groups is 1. The summed E-state index contributed by atoms with van der Waals surface area (Å²) < 4.78 is 5.20. The summed E-state index contributed by atoms with van der Waals surface area (Å²) in [5, 5.41) is 3.43. The third-order valence-electron chi connectivity index (χ3n) is 5.06. The maximum absolute atomic E-state index is 12.6. The van der Waals surface area contributed by atoms with Crippen LogP contribution in [0, 0.1) is 5.92 Å². The average Bonchev–Trinajstić information content (AvgIpc) is 3.44. The van der Waals surface area contributed by atoms with E-state index in [1.54, 1.807) is 26.1 Å². The summed E-state index contributed by atoms with van der Waals surface area (Å²) in [5.74, 6) is 1.52. The van der Waals surface area contributed by atoms with Gasteiger partial charge in [0.05, 0.1) is 12.2 Å². The van der Waals surface area contributed by atoms with Crippen LogP contribution in [0.5, 0.6) is 0 Å². The van der Waals surface area contributed by atoms with Gasteiger partial charge in [0.2, 0.25) is 0 Å². The number of hydrogen-bond acceptors (Lipinski definition) is 5. The fraction of sp³-hybridized carbons (Fsp3) is 0.684. The van der Waals surface area contributed by atoms with Gasteiger partial charge in [-0.25, -0.2) is 4.98 Å². The van der Waals surface area contributed by atoms with Gasteiger partial charge in [0.25, 0.3) is 5.91 Å². The van der Waals surface area contributed by atoms with E-state index < -0.39 is 0 Å². The summed E-state index contributed by atoms with van der Waals surface area (Å²) in [6.07, 6.45) is 4.42. The maximum atomic E-state index is 12.6. The van der Waals surface area contributed by atoms with E-state index in [2.05, 4.69) is 16.3 Å². The number of methoxy groups -OCH3 is 1. The first-order valence-corrected chi connectivity index (χ1v) is 9.28. The van der Waals surface area contributed by atoms with E-state index in [-0.39, 0.29) is 5.91 Å². The molecule has 1 amide bonds. The van der Waals surface area contributed by atoms with Crippen LogP contribution < -0.4 is 5.32 Å². The number of amides is 1. The summed E-state index contributed by atoms with van der Waals surface area (Å²) in [4.78, 5) is 21.5. The van der Waals surface area contributed by atoms with E-state index in [1.807, 2.05) is 0 Å². The number of nitrogens with zero attached hydrogens (tertiary/aromatic N) is 3. The summed E-state index contributed by atoms with van der Waals surface area (Å²) >= 11 is 0. The molecule has 0 aromatic carbocycles. The summed E-state index contributed by atoms with van der Waals surface area (Å²) in [7, 11) is 5.33. The summed E-state index contributed by atoms with van der Waals surface area (Å²) in [6, 6.07) is 2.07. The Morgan fingerprint density at radius 2 is 2.12 bits per heavy atom. The molecular formula is C19H30N4O2. The van der Waals surface area contributed by atoms with Crippen molar-refractivity contribution in [2.75, 3.05) is 59.3 Å². The number of hydrogen-bond donors (Lipinski definition) is 1. The van der Waals surface area contributed by atoms with Gasteiger partial charge in [-0.1, -0.05) is 0 Å². The topological polar surface area (TPSA) is 57.7 Å². The molecule has 0 spiro atoms. The van der Waals surface area contributed by atoms with Crippen molar-refractivity contribution >= 4 is 11.7 Å². The Bertz CT molecular complexity index is 614. The lowest BCUT2D eigenvalue weighted by Crippen LogP contribution is -2.29. The molecule has 1 aromatic rings. The van der Waals surface area contributed by atoms with Crippen molar-refractivity contribution in [3.05, 3.63) is 22.9 Å². The second-order valence-electron chi connectivity index (χ2n) is 7.35. The number of pyridine rings is 1. The Hall–Kier alpha value is -1.66. The van der Waals surface area contributed by atoms with Crippen LogP contribution in [0.2, 0.25) is 0 Å². The molecule has 0 unspecified atom stereocenters. The van der Waals surface area contributed by atoms with E-state index in [0.717, 1.165) is 63.1 Å².